The molecule has 0 radical (unpaired) electrons. The van der Waals surface area contributed by atoms with Gasteiger partial charge in [-0.1, -0.05) is 12.1 Å². The van der Waals surface area contributed by atoms with E-state index in [9.17, 15) is 9.59 Å². The molecular formula is C14H15N3O2S. The van der Waals surface area contributed by atoms with E-state index in [-0.39, 0.29) is 17.9 Å². The van der Waals surface area contributed by atoms with Crippen LogP contribution in [0.5, 0.6) is 0 Å². The Bertz CT molecular complexity index is 600. The van der Waals surface area contributed by atoms with Crippen LogP contribution in [0.3, 0.4) is 0 Å². The molecule has 1 aromatic carbocycles. The number of thioether (sulfide) groups is 1. The van der Waals surface area contributed by atoms with Crippen molar-refractivity contribution in [1.29, 1.82) is 0 Å². The van der Waals surface area contributed by atoms with E-state index in [2.05, 4.69) is 10.5 Å². The van der Waals surface area contributed by atoms with E-state index in [1.165, 1.54) is 0 Å². The van der Waals surface area contributed by atoms with Crippen molar-refractivity contribution in [1.82, 2.24) is 5.43 Å². The van der Waals surface area contributed by atoms with Crippen LogP contribution < -0.4 is 10.3 Å². The molecule has 1 aromatic rings. The molecule has 0 saturated heterocycles. The highest BCUT2D eigenvalue weighted by Crippen LogP contribution is 2.37. The average Bonchev–Trinajstić information content (AvgIpc) is 2.47. The van der Waals surface area contributed by atoms with E-state index >= 15 is 0 Å². The molecule has 1 N–H and O–H groups in total. The number of hydrogen-bond acceptors (Lipinski definition) is 4. The summed E-state index contributed by atoms with van der Waals surface area (Å²) in [5, 5.41) is 3.91. The minimum atomic E-state index is -0.135. The SMILES string of the molecule is CC1CSc2ccccc2N1C(=O)C1=NNC(=O)CC1. The van der Waals surface area contributed by atoms with Gasteiger partial charge in [-0.3, -0.25) is 9.59 Å². The Morgan fingerprint density at radius 2 is 2.20 bits per heavy atom. The Kier molecular flexibility index (Phi) is 3.48. The fourth-order valence-corrected chi connectivity index (χ4v) is 3.44. The van der Waals surface area contributed by atoms with Gasteiger partial charge in [0.1, 0.15) is 5.71 Å². The molecule has 3 rings (SSSR count). The zero-order chi connectivity index (χ0) is 14.1. The summed E-state index contributed by atoms with van der Waals surface area (Å²) in [7, 11) is 0. The first-order valence-electron chi connectivity index (χ1n) is 6.57. The molecule has 6 heteroatoms. The average molecular weight is 289 g/mol. The lowest BCUT2D eigenvalue weighted by atomic mass is 10.1. The highest BCUT2D eigenvalue weighted by Gasteiger charge is 2.32. The molecule has 2 amide bonds. The van der Waals surface area contributed by atoms with Gasteiger partial charge >= 0.3 is 0 Å². The van der Waals surface area contributed by atoms with Gasteiger partial charge in [0, 0.05) is 29.5 Å². The number of benzene rings is 1. The second-order valence-corrected chi connectivity index (χ2v) is 5.96. The second kappa shape index (κ2) is 5.28. The highest BCUT2D eigenvalue weighted by atomic mass is 32.2. The van der Waals surface area contributed by atoms with Crippen molar-refractivity contribution >= 4 is 35.0 Å². The lowest BCUT2D eigenvalue weighted by Crippen LogP contribution is -2.47. The summed E-state index contributed by atoms with van der Waals surface area (Å²) in [6, 6.07) is 8.00. The van der Waals surface area contributed by atoms with Crippen molar-refractivity contribution < 1.29 is 9.59 Å². The number of anilines is 1. The number of hydrazone groups is 1. The van der Waals surface area contributed by atoms with Crippen LogP contribution in [0.1, 0.15) is 19.8 Å². The number of amides is 2. The minimum absolute atomic E-state index is 0.106. The van der Waals surface area contributed by atoms with Gasteiger partial charge in [0.15, 0.2) is 0 Å². The number of para-hydroxylation sites is 1. The van der Waals surface area contributed by atoms with Crippen molar-refractivity contribution in [2.45, 2.75) is 30.7 Å². The van der Waals surface area contributed by atoms with Gasteiger partial charge in [0.05, 0.1) is 5.69 Å². The summed E-state index contributed by atoms with van der Waals surface area (Å²) in [5.41, 5.74) is 3.75. The molecule has 2 aliphatic rings. The van der Waals surface area contributed by atoms with Crippen LogP contribution in [0, 0.1) is 0 Å². The molecular weight excluding hydrogens is 274 g/mol. The van der Waals surface area contributed by atoms with E-state index in [4.69, 9.17) is 0 Å². The van der Waals surface area contributed by atoms with Crippen LogP contribution in [0.15, 0.2) is 34.3 Å². The molecule has 104 valence electrons. The molecule has 0 aromatic heterocycles. The number of nitrogens with zero attached hydrogens (tertiary/aromatic N) is 2. The summed E-state index contributed by atoms with van der Waals surface area (Å²) >= 11 is 1.76. The van der Waals surface area contributed by atoms with Crippen molar-refractivity contribution in [2.24, 2.45) is 5.10 Å². The van der Waals surface area contributed by atoms with Crippen LogP contribution in [-0.2, 0) is 9.59 Å². The maximum absolute atomic E-state index is 12.7. The molecule has 2 aliphatic heterocycles. The molecule has 0 bridgehead atoms. The Morgan fingerprint density at radius 1 is 1.40 bits per heavy atom. The molecule has 0 spiro atoms. The van der Waals surface area contributed by atoms with Crippen molar-refractivity contribution in [3.05, 3.63) is 24.3 Å². The van der Waals surface area contributed by atoms with Gasteiger partial charge in [-0.05, 0) is 19.1 Å². The van der Waals surface area contributed by atoms with Gasteiger partial charge in [-0.2, -0.15) is 5.10 Å². The molecule has 0 fully saturated rings. The van der Waals surface area contributed by atoms with Crippen LogP contribution in [0.2, 0.25) is 0 Å². The largest absolute Gasteiger partial charge is 0.303 e. The Balaban J connectivity index is 1.93. The van der Waals surface area contributed by atoms with Crippen molar-refractivity contribution in [3.8, 4) is 0 Å². The number of rotatable bonds is 1. The first-order valence-corrected chi connectivity index (χ1v) is 7.56. The lowest BCUT2D eigenvalue weighted by Gasteiger charge is -2.35. The van der Waals surface area contributed by atoms with Gasteiger partial charge in [0.25, 0.3) is 5.91 Å². The topological polar surface area (TPSA) is 61.8 Å². The standard InChI is InChI=1S/C14H15N3O2S/c1-9-8-20-12-5-3-2-4-11(12)17(9)14(19)10-6-7-13(18)16-15-10/h2-5,9H,6-8H2,1H3,(H,16,18). The summed E-state index contributed by atoms with van der Waals surface area (Å²) in [6.07, 6.45) is 0.729. The third-order valence-electron chi connectivity index (χ3n) is 3.42. The van der Waals surface area contributed by atoms with Gasteiger partial charge in [0.2, 0.25) is 5.91 Å². The lowest BCUT2D eigenvalue weighted by molar-refractivity contribution is -0.121. The Labute approximate surface area is 121 Å². The third-order valence-corrected chi connectivity index (χ3v) is 4.72. The maximum atomic E-state index is 12.7. The summed E-state index contributed by atoms with van der Waals surface area (Å²) in [4.78, 5) is 26.7. The van der Waals surface area contributed by atoms with E-state index < -0.39 is 0 Å². The Morgan fingerprint density at radius 3 is 2.95 bits per heavy atom. The van der Waals surface area contributed by atoms with E-state index in [1.807, 2.05) is 31.2 Å². The zero-order valence-electron chi connectivity index (χ0n) is 11.1. The molecule has 0 aliphatic carbocycles. The smallest absolute Gasteiger partial charge is 0.274 e. The quantitative estimate of drug-likeness (QED) is 0.857. The number of carbonyl (C=O) groups excluding carboxylic acids is 2. The first kappa shape index (κ1) is 13.2. The number of hydrogen-bond donors (Lipinski definition) is 1. The molecule has 0 saturated carbocycles. The van der Waals surface area contributed by atoms with E-state index in [1.54, 1.807) is 16.7 Å². The van der Waals surface area contributed by atoms with Gasteiger partial charge in [-0.25, -0.2) is 5.43 Å². The van der Waals surface area contributed by atoms with Crippen LogP contribution >= 0.6 is 11.8 Å². The van der Waals surface area contributed by atoms with Crippen LogP contribution in [0.25, 0.3) is 0 Å². The third kappa shape index (κ3) is 2.31. The van der Waals surface area contributed by atoms with Gasteiger partial charge in [-0.15, -0.1) is 11.8 Å². The predicted molar refractivity (Wildman–Crippen MR) is 78.9 cm³/mol. The number of nitrogens with one attached hydrogen (secondary N) is 1. The molecule has 1 atom stereocenters. The minimum Gasteiger partial charge on any atom is -0.303 e. The fourth-order valence-electron chi connectivity index (χ4n) is 2.38. The molecule has 2 heterocycles. The van der Waals surface area contributed by atoms with E-state index in [0.717, 1.165) is 16.3 Å². The molecule has 5 nitrogen and oxygen atoms in total. The zero-order valence-corrected chi connectivity index (χ0v) is 11.9. The van der Waals surface area contributed by atoms with Crippen LogP contribution in [-0.4, -0.2) is 29.3 Å². The van der Waals surface area contributed by atoms with Crippen LogP contribution in [0.4, 0.5) is 5.69 Å². The summed E-state index contributed by atoms with van der Waals surface area (Å²) < 4.78 is 0. The van der Waals surface area contributed by atoms with Gasteiger partial charge < -0.3 is 4.90 Å². The van der Waals surface area contributed by atoms with E-state index in [0.29, 0.717) is 18.6 Å². The van der Waals surface area contributed by atoms with Crippen molar-refractivity contribution in [3.63, 3.8) is 0 Å². The predicted octanol–water partition coefficient (Wildman–Crippen LogP) is 1.78. The molecule has 20 heavy (non-hydrogen) atoms. The summed E-state index contributed by atoms with van der Waals surface area (Å²) in [6.45, 7) is 2.03. The number of fused-ring (bicyclic) bond motifs is 1. The first-order chi connectivity index (χ1) is 9.66. The maximum Gasteiger partial charge on any atom is 0.274 e. The monoisotopic (exact) mass is 289 g/mol. The Hall–Kier alpha value is -1.82. The summed E-state index contributed by atoms with van der Waals surface area (Å²) in [5.74, 6) is 0.622. The fraction of sp³-hybridized carbons (Fsp3) is 0.357. The normalized spacial score (nSPS) is 21.9. The second-order valence-electron chi connectivity index (χ2n) is 4.90. The van der Waals surface area contributed by atoms with Crippen molar-refractivity contribution in [2.75, 3.05) is 10.7 Å². The molecule has 1 unspecified atom stereocenters. The number of carbonyl (C=O) groups is 2. The highest BCUT2D eigenvalue weighted by molar-refractivity contribution is 7.99.